The predicted molar refractivity (Wildman–Crippen MR) is 60.5 cm³/mol. The monoisotopic (exact) mass is 222 g/mol. The second-order valence-electron chi connectivity index (χ2n) is 3.89. The van der Waals surface area contributed by atoms with E-state index in [0.717, 1.165) is 25.0 Å². The Labute approximate surface area is 96.3 Å². The number of carbonyl (C=O) groups excluding carboxylic acids is 1. The predicted octanol–water partition coefficient (Wildman–Crippen LogP) is 2.86. The molecule has 0 unspecified atom stereocenters. The summed E-state index contributed by atoms with van der Waals surface area (Å²) in [6.07, 6.45) is 5.37. The highest BCUT2D eigenvalue weighted by Crippen LogP contribution is 2.16. The molecule has 0 saturated heterocycles. The number of nitrogens with one attached hydrogen (secondary N) is 1. The number of carbonyl (C=O) groups is 1. The van der Waals surface area contributed by atoms with Gasteiger partial charge in [0.15, 0.2) is 0 Å². The number of alkyl carbamates (subject to hydrolysis) is 1. The summed E-state index contributed by atoms with van der Waals surface area (Å²) in [7, 11) is 0. The van der Waals surface area contributed by atoms with E-state index in [1.54, 1.807) is 0 Å². The Balaban J connectivity index is 2.53. The summed E-state index contributed by atoms with van der Waals surface area (Å²) >= 11 is 0. The zero-order chi connectivity index (χ0) is 11.8. The number of hydrogen-bond donors (Lipinski definition) is 1. The fraction of sp³-hybridized carbons (Fsp3) is 0.667. The smallest absolute Gasteiger partial charge is 0.411 e. The van der Waals surface area contributed by atoms with Crippen molar-refractivity contribution in [3.8, 4) is 6.07 Å². The van der Waals surface area contributed by atoms with Crippen molar-refractivity contribution in [2.75, 3.05) is 6.61 Å². The van der Waals surface area contributed by atoms with Crippen LogP contribution >= 0.6 is 0 Å². The van der Waals surface area contributed by atoms with Crippen LogP contribution in [-0.2, 0) is 4.74 Å². The molecule has 1 amide bonds. The van der Waals surface area contributed by atoms with Crippen LogP contribution in [0.3, 0.4) is 0 Å². The molecule has 1 aliphatic heterocycles. The summed E-state index contributed by atoms with van der Waals surface area (Å²) in [4.78, 5) is 11.2. The first-order valence-electron chi connectivity index (χ1n) is 5.83. The Kier molecular flexibility index (Phi) is 5.41. The maximum absolute atomic E-state index is 11.2. The van der Waals surface area contributed by atoms with Gasteiger partial charge in [-0.1, -0.05) is 26.2 Å². The minimum Gasteiger partial charge on any atom is -0.449 e. The van der Waals surface area contributed by atoms with Crippen molar-refractivity contribution < 1.29 is 9.53 Å². The molecule has 4 nitrogen and oxygen atoms in total. The number of nitriles is 1. The molecule has 1 heterocycles. The van der Waals surface area contributed by atoms with Crippen LogP contribution in [0.15, 0.2) is 11.3 Å². The first-order chi connectivity index (χ1) is 7.77. The zero-order valence-corrected chi connectivity index (χ0v) is 9.71. The molecule has 0 atom stereocenters. The molecule has 0 radical (unpaired) electrons. The van der Waals surface area contributed by atoms with E-state index < -0.39 is 6.09 Å². The average Bonchev–Trinajstić information content (AvgIpc) is 2.46. The summed E-state index contributed by atoms with van der Waals surface area (Å²) in [6.45, 7) is 2.45. The average molecular weight is 222 g/mol. The first-order valence-corrected chi connectivity index (χ1v) is 5.83. The van der Waals surface area contributed by atoms with Gasteiger partial charge in [-0.2, -0.15) is 5.26 Å². The maximum Gasteiger partial charge on any atom is 0.411 e. The minimum atomic E-state index is -0.434. The van der Waals surface area contributed by atoms with Gasteiger partial charge >= 0.3 is 6.09 Å². The topological polar surface area (TPSA) is 62.1 Å². The molecule has 1 aliphatic rings. The van der Waals surface area contributed by atoms with E-state index in [0.29, 0.717) is 18.6 Å². The molecule has 0 fully saturated rings. The lowest BCUT2D eigenvalue weighted by Crippen LogP contribution is -2.22. The zero-order valence-electron chi connectivity index (χ0n) is 9.71. The number of amides is 1. The third-order valence-electron chi connectivity index (χ3n) is 2.62. The van der Waals surface area contributed by atoms with Gasteiger partial charge in [0.25, 0.3) is 0 Å². The highest BCUT2D eigenvalue weighted by molar-refractivity contribution is 5.70. The lowest BCUT2D eigenvalue weighted by molar-refractivity contribution is 0.153. The van der Waals surface area contributed by atoms with E-state index in [4.69, 9.17) is 10.00 Å². The van der Waals surface area contributed by atoms with Crippen molar-refractivity contribution in [3.05, 3.63) is 11.3 Å². The SMILES string of the molecule is CCCCCCC1=C(C#N)CCOC(=O)N1. The fourth-order valence-electron chi connectivity index (χ4n) is 1.70. The largest absolute Gasteiger partial charge is 0.449 e. The van der Waals surface area contributed by atoms with E-state index in [1.165, 1.54) is 12.8 Å². The third kappa shape index (κ3) is 3.93. The number of allylic oxidation sites excluding steroid dienone is 1. The second kappa shape index (κ2) is 6.89. The Morgan fingerprint density at radius 3 is 2.94 bits per heavy atom. The molecule has 0 aromatic carbocycles. The lowest BCUT2D eigenvalue weighted by Gasteiger charge is -2.07. The normalized spacial score (nSPS) is 16.1. The van der Waals surface area contributed by atoms with E-state index in [2.05, 4.69) is 18.3 Å². The molecular weight excluding hydrogens is 204 g/mol. The van der Waals surface area contributed by atoms with Crippen LogP contribution in [0.4, 0.5) is 4.79 Å². The summed E-state index contributed by atoms with van der Waals surface area (Å²) in [5.41, 5.74) is 1.41. The molecule has 0 aromatic rings. The van der Waals surface area contributed by atoms with Crippen molar-refractivity contribution in [2.45, 2.75) is 45.4 Å². The van der Waals surface area contributed by atoms with Gasteiger partial charge < -0.3 is 4.74 Å². The van der Waals surface area contributed by atoms with Gasteiger partial charge in [-0.05, 0) is 12.8 Å². The Morgan fingerprint density at radius 1 is 1.44 bits per heavy atom. The molecule has 4 heteroatoms. The van der Waals surface area contributed by atoms with E-state index in [9.17, 15) is 4.79 Å². The molecule has 16 heavy (non-hydrogen) atoms. The molecule has 1 N–H and O–H groups in total. The highest BCUT2D eigenvalue weighted by Gasteiger charge is 2.15. The number of nitrogens with zero attached hydrogens (tertiary/aromatic N) is 1. The lowest BCUT2D eigenvalue weighted by atomic mass is 10.1. The van der Waals surface area contributed by atoms with E-state index in [-0.39, 0.29) is 0 Å². The van der Waals surface area contributed by atoms with Gasteiger partial charge in [0.2, 0.25) is 0 Å². The number of unbranched alkanes of at least 4 members (excludes halogenated alkanes) is 3. The van der Waals surface area contributed by atoms with Crippen LogP contribution in [0.1, 0.15) is 45.4 Å². The number of ether oxygens (including phenoxy) is 1. The van der Waals surface area contributed by atoms with Crippen LogP contribution in [0.5, 0.6) is 0 Å². The Bertz CT molecular complexity index is 315. The molecule has 0 aromatic heterocycles. The van der Waals surface area contributed by atoms with Gasteiger partial charge in [-0.15, -0.1) is 0 Å². The highest BCUT2D eigenvalue weighted by atomic mass is 16.5. The van der Waals surface area contributed by atoms with Gasteiger partial charge in [0.1, 0.15) is 0 Å². The standard InChI is InChI=1S/C12H18N2O2/c1-2-3-4-5-6-11-10(9-13)7-8-16-12(15)14-11/h2-8H2,1H3,(H,14,15). The van der Waals surface area contributed by atoms with Crippen LogP contribution in [0.2, 0.25) is 0 Å². The van der Waals surface area contributed by atoms with E-state index >= 15 is 0 Å². The first kappa shape index (κ1) is 12.6. The van der Waals surface area contributed by atoms with Crippen molar-refractivity contribution >= 4 is 6.09 Å². The van der Waals surface area contributed by atoms with Gasteiger partial charge in [0, 0.05) is 12.1 Å². The number of cyclic esters (lactones) is 1. The van der Waals surface area contributed by atoms with Crippen molar-refractivity contribution in [1.82, 2.24) is 5.32 Å². The summed E-state index contributed by atoms with van der Waals surface area (Å²) in [5, 5.41) is 11.6. The van der Waals surface area contributed by atoms with Crippen LogP contribution < -0.4 is 5.32 Å². The van der Waals surface area contributed by atoms with Crippen LogP contribution in [0.25, 0.3) is 0 Å². The third-order valence-corrected chi connectivity index (χ3v) is 2.62. The molecule has 0 saturated carbocycles. The van der Waals surface area contributed by atoms with Crippen molar-refractivity contribution in [3.63, 3.8) is 0 Å². The number of rotatable bonds is 5. The minimum absolute atomic E-state index is 0.299. The molecule has 0 bridgehead atoms. The summed E-state index contributed by atoms with van der Waals surface area (Å²) in [5.74, 6) is 0. The van der Waals surface area contributed by atoms with Crippen LogP contribution in [-0.4, -0.2) is 12.7 Å². The fourth-order valence-corrected chi connectivity index (χ4v) is 1.70. The molecular formula is C12H18N2O2. The molecule has 88 valence electrons. The van der Waals surface area contributed by atoms with Crippen molar-refractivity contribution in [1.29, 1.82) is 5.26 Å². The van der Waals surface area contributed by atoms with Gasteiger partial charge in [-0.3, -0.25) is 5.32 Å². The quantitative estimate of drug-likeness (QED) is 0.727. The van der Waals surface area contributed by atoms with Crippen molar-refractivity contribution in [2.24, 2.45) is 0 Å². The second-order valence-corrected chi connectivity index (χ2v) is 3.89. The summed E-state index contributed by atoms with van der Waals surface area (Å²) in [6, 6.07) is 2.14. The van der Waals surface area contributed by atoms with E-state index in [1.807, 2.05) is 0 Å². The molecule has 1 rings (SSSR count). The molecule has 0 aliphatic carbocycles. The number of hydrogen-bond acceptors (Lipinski definition) is 3. The van der Waals surface area contributed by atoms with Gasteiger partial charge in [-0.25, -0.2) is 4.79 Å². The Morgan fingerprint density at radius 2 is 2.25 bits per heavy atom. The molecule has 0 spiro atoms. The maximum atomic E-state index is 11.2. The Hall–Kier alpha value is -1.50. The summed E-state index contributed by atoms with van der Waals surface area (Å²) < 4.78 is 4.85. The van der Waals surface area contributed by atoms with Crippen LogP contribution in [0, 0.1) is 11.3 Å². The van der Waals surface area contributed by atoms with Gasteiger partial charge in [0.05, 0.1) is 18.2 Å².